The second kappa shape index (κ2) is 7.85. The summed E-state index contributed by atoms with van der Waals surface area (Å²) in [5, 5.41) is 2.84. The van der Waals surface area contributed by atoms with Crippen molar-refractivity contribution in [2.45, 2.75) is 22.2 Å². The smallest absolute Gasteiger partial charge is 0.486 e. The zero-order valence-electron chi connectivity index (χ0n) is 13.1. The molecule has 0 N–H and O–H groups in total. The average molecular weight is 552 g/mol. The van der Waals surface area contributed by atoms with Crippen molar-refractivity contribution >= 4 is 43.0 Å². The molecule has 0 saturated heterocycles. The average Bonchev–Trinajstić information content (AvgIpc) is 2.59. The Bertz CT molecular complexity index is 926. The molecule has 0 heterocycles. The summed E-state index contributed by atoms with van der Waals surface area (Å²) in [5.41, 5.74) is -0.106. The minimum absolute atomic E-state index is 0.0455. The molecule has 0 bridgehead atoms. The van der Waals surface area contributed by atoms with Crippen molar-refractivity contribution in [1.29, 1.82) is 5.26 Å². The third-order valence-corrected chi connectivity index (χ3v) is 5.88. The molecule has 2 nitrogen and oxygen atoms in total. The lowest BCUT2D eigenvalue weighted by atomic mass is 10.0. The highest BCUT2D eigenvalue weighted by atomic mass is 79.9. The van der Waals surface area contributed by atoms with Crippen LogP contribution in [0.5, 0.6) is 0 Å². The molecule has 1 unspecified atom stereocenters. The molecule has 12 heteroatoms. The molecule has 2 aromatic carbocycles. The van der Waals surface area contributed by atoms with Gasteiger partial charge in [-0.15, -0.1) is 8.78 Å². The highest BCUT2D eigenvalue weighted by molar-refractivity contribution is 9.11. The molecule has 1 radical (unpaired) electrons. The Morgan fingerprint density at radius 1 is 1.00 bits per heavy atom. The van der Waals surface area contributed by atoms with Crippen molar-refractivity contribution in [3.05, 3.63) is 50.9 Å². The highest BCUT2D eigenvalue weighted by Crippen LogP contribution is 2.52. The van der Waals surface area contributed by atoms with Gasteiger partial charge in [-0.05, 0) is 49.6 Å². The molecule has 0 amide bonds. The molecule has 149 valence electrons. The van der Waals surface area contributed by atoms with Crippen LogP contribution in [0.3, 0.4) is 0 Å². The lowest BCUT2D eigenvalue weighted by Gasteiger charge is -2.29. The molecule has 0 aliphatic carbocycles. The number of halogens is 9. The minimum atomic E-state index is -6.61. The van der Waals surface area contributed by atoms with E-state index in [1.165, 1.54) is 24.3 Å². The minimum Gasteiger partial charge on any atom is -0.606 e. The Labute approximate surface area is 173 Å². The first-order valence-electron chi connectivity index (χ1n) is 6.90. The molecular weight excluding hydrogens is 547 g/mol. The van der Waals surface area contributed by atoms with Crippen molar-refractivity contribution < 1.29 is 35.3 Å². The molecule has 0 saturated carbocycles. The monoisotopic (exact) mass is 550 g/mol. The van der Waals surface area contributed by atoms with Gasteiger partial charge in [0.25, 0.3) is 0 Å². The van der Waals surface area contributed by atoms with Crippen LogP contribution in [0.25, 0.3) is 11.1 Å². The molecule has 0 fully saturated rings. The Hall–Kier alpha value is -1.29. The van der Waals surface area contributed by atoms with Gasteiger partial charge in [-0.3, -0.25) is 0 Å². The van der Waals surface area contributed by atoms with Gasteiger partial charge in [0.1, 0.15) is 0 Å². The van der Waals surface area contributed by atoms with Crippen LogP contribution in [-0.4, -0.2) is 21.9 Å². The molecule has 0 aromatic heterocycles. The lowest BCUT2D eigenvalue weighted by molar-refractivity contribution is -0.332. The van der Waals surface area contributed by atoms with Crippen LogP contribution in [0, 0.1) is 17.4 Å². The zero-order chi connectivity index (χ0) is 21.5. The summed E-state index contributed by atoms with van der Waals surface area (Å²) in [6, 6.07) is 10.1. The summed E-state index contributed by atoms with van der Waals surface area (Å²) in [6.45, 7) is 0. The Kier molecular flexibility index (Phi) is 6.45. The predicted octanol–water partition coefficient (Wildman–Crippen LogP) is 6.45. The number of benzene rings is 2. The van der Waals surface area contributed by atoms with Gasteiger partial charge in [-0.1, -0.05) is 12.1 Å². The number of hydrogen-bond acceptors (Lipinski definition) is 2. The summed E-state index contributed by atoms with van der Waals surface area (Å²) in [7, 11) is 0. The summed E-state index contributed by atoms with van der Waals surface area (Å²) in [4.78, 5) is -0.976. The first-order chi connectivity index (χ1) is 12.7. The molecular formula is C16H5Br2F7NOS. The van der Waals surface area contributed by atoms with E-state index in [1.807, 2.05) is 0 Å². The van der Waals surface area contributed by atoms with Crippen LogP contribution < -0.4 is 0 Å². The van der Waals surface area contributed by atoms with Crippen LogP contribution in [0.1, 0.15) is 5.56 Å². The second-order valence-corrected chi connectivity index (χ2v) is 8.35. The van der Waals surface area contributed by atoms with Gasteiger partial charge in [0, 0.05) is 21.1 Å². The fraction of sp³-hybridized carbons (Fsp3) is 0.188. The van der Waals surface area contributed by atoms with Crippen molar-refractivity contribution in [1.82, 2.24) is 0 Å². The molecule has 2 aromatic rings. The Morgan fingerprint density at radius 2 is 1.54 bits per heavy atom. The predicted molar refractivity (Wildman–Crippen MR) is 93.2 cm³/mol. The zero-order valence-corrected chi connectivity index (χ0v) is 17.0. The summed E-state index contributed by atoms with van der Waals surface area (Å²) in [5.74, 6) is -6.54. The first-order valence-corrected chi connectivity index (χ1v) is 9.63. The maximum Gasteiger partial charge on any atom is 0.486 e. The van der Waals surface area contributed by atoms with Crippen LogP contribution in [0.15, 0.2) is 44.2 Å². The lowest BCUT2D eigenvalue weighted by Crippen LogP contribution is -2.56. The third kappa shape index (κ3) is 4.03. The number of nitriles is 1. The van der Waals surface area contributed by atoms with Crippen LogP contribution in [0.2, 0.25) is 0 Å². The van der Waals surface area contributed by atoms with E-state index in [4.69, 9.17) is 5.26 Å². The van der Waals surface area contributed by atoms with Crippen LogP contribution >= 0.6 is 31.9 Å². The van der Waals surface area contributed by atoms with E-state index in [9.17, 15) is 35.3 Å². The van der Waals surface area contributed by atoms with Gasteiger partial charge in [-0.25, -0.2) is 0 Å². The third-order valence-electron chi connectivity index (χ3n) is 3.41. The number of hydrogen-bond donors (Lipinski definition) is 0. The van der Waals surface area contributed by atoms with Gasteiger partial charge >= 0.3 is 17.4 Å². The van der Waals surface area contributed by atoms with E-state index >= 15 is 0 Å². The Morgan fingerprint density at radius 3 is 2.00 bits per heavy atom. The summed E-state index contributed by atoms with van der Waals surface area (Å²) in [6.07, 6.45) is -6.61. The van der Waals surface area contributed by atoms with E-state index in [0.29, 0.717) is 0 Å². The second-order valence-electron chi connectivity index (χ2n) is 5.22. The summed E-state index contributed by atoms with van der Waals surface area (Å²) < 4.78 is 104. The number of nitrogens with zero attached hydrogens (tertiary/aromatic N) is 1. The maximum atomic E-state index is 14.0. The van der Waals surface area contributed by atoms with Gasteiger partial charge in [-0.2, -0.15) is 27.2 Å². The van der Waals surface area contributed by atoms with Crippen molar-refractivity contribution in [3.8, 4) is 17.2 Å². The van der Waals surface area contributed by atoms with Crippen molar-refractivity contribution in [3.63, 3.8) is 0 Å². The summed E-state index contributed by atoms with van der Waals surface area (Å²) >= 11 is 1.71. The molecule has 0 aliphatic heterocycles. The Balaban J connectivity index is 2.69. The van der Waals surface area contributed by atoms with Gasteiger partial charge in [0.05, 0.1) is 28.4 Å². The largest absolute Gasteiger partial charge is 0.606 e. The maximum absolute atomic E-state index is 14.0. The quantitative estimate of drug-likeness (QED) is 0.324. The number of rotatable bonds is 4. The van der Waals surface area contributed by atoms with Crippen LogP contribution in [-0.2, 0) is 11.2 Å². The standard InChI is InChI=1S/C16H5Br2F7NOS/c17-10-5-11(18)13(9-3-1-8(7-26)2-4-9)12(6-10)28(27)16(24,25)14(19,20)15(21,22)23/h1-4,6H. The van der Waals surface area contributed by atoms with E-state index in [-0.39, 0.29) is 25.6 Å². The van der Waals surface area contributed by atoms with E-state index in [2.05, 4.69) is 37.9 Å². The van der Waals surface area contributed by atoms with E-state index < -0.39 is 33.4 Å². The van der Waals surface area contributed by atoms with Crippen molar-refractivity contribution in [2.75, 3.05) is 0 Å². The van der Waals surface area contributed by atoms with E-state index in [1.54, 1.807) is 6.07 Å². The van der Waals surface area contributed by atoms with Crippen LogP contribution in [0.4, 0.5) is 30.7 Å². The van der Waals surface area contributed by atoms with Gasteiger partial charge in [0.2, 0.25) is 0 Å². The molecule has 28 heavy (non-hydrogen) atoms. The van der Waals surface area contributed by atoms with Crippen molar-refractivity contribution in [2.24, 2.45) is 0 Å². The van der Waals surface area contributed by atoms with Gasteiger partial charge in [0.15, 0.2) is 4.90 Å². The first kappa shape index (κ1) is 23.0. The highest BCUT2D eigenvalue weighted by Gasteiger charge is 2.80. The molecule has 1 atom stereocenters. The topological polar surface area (TPSA) is 46.8 Å². The number of alkyl halides is 7. The molecule has 2 rings (SSSR count). The normalized spacial score (nSPS) is 13.9. The van der Waals surface area contributed by atoms with E-state index in [0.717, 1.165) is 6.07 Å². The fourth-order valence-corrected chi connectivity index (χ4v) is 4.93. The fourth-order valence-electron chi connectivity index (χ4n) is 2.05. The van der Waals surface area contributed by atoms with Gasteiger partial charge < -0.3 is 4.55 Å². The molecule has 0 aliphatic rings. The molecule has 0 spiro atoms. The SMILES string of the molecule is N#Cc1ccc(-c2c(Br)[c]c(Br)cc2[S+]([O-])C(F)(F)C(F)(F)C(F)(F)F)cc1.